The predicted octanol–water partition coefficient (Wildman–Crippen LogP) is 3.75. The first kappa shape index (κ1) is 16.7. The molecule has 2 aliphatic heterocycles. The number of thioether (sulfide) groups is 1. The number of amides is 1. The Hall–Kier alpha value is -2.71. The Labute approximate surface area is 158 Å². The highest BCUT2D eigenvalue weighted by Gasteiger charge is 2.35. The minimum atomic E-state index is -0.418. The number of hydrazone groups is 1. The SMILES string of the molecule is Cc1ccccc1OCC1=NN2C(=N)C(=Cc3cccs3)C(=O)N=C2S1. The molecule has 0 saturated heterocycles. The lowest BCUT2D eigenvalue weighted by molar-refractivity contribution is -0.114. The summed E-state index contributed by atoms with van der Waals surface area (Å²) >= 11 is 2.75. The lowest BCUT2D eigenvalue weighted by Crippen LogP contribution is -2.35. The molecule has 1 amide bonds. The molecule has 1 aromatic heterocycles. The summed E-state index contributed by atoms with van der Waals surface area (Å²) in [5.74, 6) is 0.400. The van der Waals surface area contributed by atoms with Crippen LogP contribution in [-0.4, -0.2) is 33.6 Å². The molecule has 8 heteroatoms. The highest BCUT2D eigenvalue weighted by molar-refractivity contribution is 8.27. The standard InChI is InChI=1S/C18H14N4O2S2/c1-11-5-2-3-7-14(11)24-10-15-21-22-16(19)13(9-12-6-4-8-25-12)17(23)20-18(22)26-15/h2-9,19H,10H2,1H3. The Morgan fingerprint density at radius 1 is 1.27 bits per heavy atom. The molecule has 2 aromatic rings. The molecule has 0 atom stereocenters. The van der Waals surface area contributed by atoms with Crippen molar-refractivity contribution in [3.05, 3.63) is 57.8 Å². The van der Waals surface area contributed by atoms with E-state index in [1.54, 1.807) is 6.08 Å². The van der Waals surface area contributed by atoms with Gasteiger partial charge < -0.3 is 4.74 Å². The molecule has 4 rings (SSSR count). The average Bonchev–Trinajstić information content (AvgIpc) is 3.27. The molecule has 130 valence electrons. The zero-order valence-corrected chi connectivity index (χ0v) is 15.4. The molecule has 1 N–H and O–H groups in total. The van der Waals surface area contributed by atoms with Crippen LogP contribution in [0.5, 0.6) is 5.75 Å². The number of hydrogen-bond acceptors (Lipinski definition) is 6. The Bertz CT molecular complexity index is 977. The van der Waals surface area contributed by atoms with Crippen LogP contribution in [0.3, 0.4) is 0 Å². The zero-order chi connectivity index (χ0) is 18.1. The number of carbonyl (C=O) groups is 1. The molecule has 0 unspecified atom stereocenters. The topological polar surface area (TPSA) is 78.1 Å². The maximum atomic E-state index is 12.3. The minimum absolute atomic E-state index is 0.0341. The molecule has 1 aromatic carbocycles. The van der Waals surface area contributed by atoms with E-state index in [-0.39, 0.29) is 18.0 Å². The second-order valence-corrected chi connectivity index (χ2v) is 7.60. The molecule has 0 aliphatic carbocycles. The van der Waals surface area contributed by atoms with Crippen LogP contribution in [0.1, 0.15) is 10.4 Å². The van der Waals surface area contributed by atoms with Crippen molar-refractivity contribution < 1.29 is 9.53 Å². The summed E-state index contributed by atoms with van der Waals surface area (Å²) in [7, 11) is 0. The minimum Gasteiger partial charge on any atom is -0.486 e. The summed E-state index contributed by atoms with van der Waals surface area (Å²) in [6.45, 7) is 2.23. The van der Waals surface area contributed by atoms with Gasteiger partial charge >= 0.3 is 0 Å². The van der Waals surface area contributed by atoms with E-state index in [9.17, 15) is 4.79 Å². The number of nitrogens with one attached hydrogen (secondary N) is 1. The van der Waals surface area contributed by atoms with E-state index >= 15 is 0 Å². The quantitative estimate of drug-likeness (QED) is 0.817. The number of para-hydroxylation sites is 1. The third kappa shape index (κ3) is 3.21. The summed E-state index contributed by atoms with van der Waals surface area (Å²) in [4.78, 5) is 17.3. The van der Waals surface area contributed by atoms with Crippen LogP contribution in [0, 0.1) is 12.3 Å². The number of aryl methyl sites for hydroxylation is 1. The van der Waals surface area contributed by atoms with Crippen molar-refractivity contribution in [3.8, 4) is 5.75 Å². The van der Waals surface area contributed by atoms with Crippen molar-refractivity contribution in [2.24, 2.45) is 10.1 Å². The van der Waals surface area contributed by atoms with Gasteiger partial charge in [-0.3, -0.25) is 10.2 Å². The lowest BCUT2D eigenvalue weighted by Gasteiger charge is -2.19. The summed E-state index contributed by atoms with van der Waals surface area (Å²) in [5, 5.41) is 17.1. The van der Waals surface area contributed by atoms with E-state index in [0.717, 1.165) is 16.2 Å². The third-order valence-electron chi connectivity index (χ3n) is 3.77. The fraction of sp³-hybridized carbons (Fsp3) is 0.111. The monoisotopic (exact) mass is 382 g/mol. The first-order chi connectivity index (χ1) is 12.6. The van der Waals surface area contributed by atoms with Crippen molar-refractivity contribution >= 4 is 51.1 Å². The van der Waals surface area contributed by atoms with Gasteiger partial charge in [-0.15, -0.1) is 11.3 Å². The van der Waals surface area contributed by atoms with Gasteiger partial charge in [0, 0.05) is 4.88 Å². The van der Waals surface area contributed by atoms with Gasteiger partial charge in [-0.2, -0.15) is 15.1 Å². The average molecular weight is 382 g/mol. The zero-order valence-electron chi connectivity index (χ0n) is 13.8. The molecule has 3 heterocycles. The van der Waals surface area contributed by atoms with Gasteiger partial charge in [0.1, 0.15) is 17.4 Å². The van der Waals surface area contributed by atoms with Crippen LogP contribution in [0.15, 0.2) is 57.4 Å². The molecular formula is C18H14N4O2S2. The molecule has 0 saturated carbocycles. The van der Waals surface area contributed by atoms with Crippen LogP contribution < -0.4 is 4.74 Å². The second kappa shape index (κ2) is 6.89. The molecule has 0 spiro atoms. The van der Waals surface area contributed by atoms with Gasteiger partial charge in [-0.1, -0.05) is 24.3 Å². The molecule has 0 radical (unpaired) electrons. The number of thiophene rings is 1. The number of aliphatic imine (C=N–C) groups is 1. The number of amidine groups is 2. The molecule has 2 aliphatic rings. The maximum absolute atomic E-state index is 12.3. The van der Waals surface area contributed by atoms with Crippen molar-refractivity contribution in [2.75, 3.05) is 6.61 Å². The van der Waals surface area contributed by atoms with Crippen molar-refractivity contribution in [1.29, 1.82) is 5.41 Å². The van der Waals surface area contributed by atoms with Gasteiger partial charge in [-0.25, -0.2) is 0 Å². The van der Waals surface area contributed by atoms with Gasteiger partial charge in [-0.05, 0) is 47.8 Å². The van der Waals surface area contributed by atoms with E-state index in [2.05, 4.69) is 10.1 Å². The first-order valence-corrected chi connectivity index (χ1v) is 9.52. The summed E-state index contributed by atoms with van der Waals surface area (Å²) in [5.41, 5.74) is 1.27. The van der Waals surface area contributed by atoms with E-state index in [1.807, 2.05) is 48.7 Å². The predicted molar refractivity (Wildman–Crippen MR) is 106 cm³/mol. The van der Waals surface area contributed by atoms with Crippen LogP contribution in [0.4, 0.5) is 0 Å². The van der Waals surface area contributed by atoms with Gasteiger partial charge in [0.05, 0.1) is 5.57 Å². The Morgan fingerprint density at radius 2 is 2.12 bits per heavy atom. The van der Waals surface area contributed by atoms with Crippen molar-refractivity contribution in [2.45, 2.75) is 6.92 Å². The molecule has 0 bridgehead atoms. The second-order valence-electron chi connectivity index (χ2n) is 5.58. The number of rotatable bonds is 4. The normalized spacial score (nSPS) is 18.0. The number of carbonyl (C=O) groups excluding carboxylic acids is 1. The highest BCUT2D eigenvalue weighted by atomic mass is 32.2. The third-order valence-corrected chi connectivity index (χ3v) is 5.47. The van der Waals surface area contributed by atoms with Crippen molar-refractivity contribution in [1.82, 2.24) is 5.01 Å². The Kier molecular flexibility index (Phi) is 4.44. The fourth-order valence-electron chi connectivity index (χ4n) is 2.46. The molecular weight excluding hydrogens is 368 g/mol. The van der Waals surface area contributed by atoms with Crippen LogP contribution in [0.25, 0.3) is 6.08 Å². The van der Waals surface area contributed by atoms with E-state index in [4.69, 9.17) is 10.1 Å². The molecule has 6 nitrogen and oxygen atoms in total. The molecule has 26 heavy (non-hydrogen) atoms. The smallest absolute Gasteiger partial charge is 0.283 e. The van der Waals surface area contributed by atoms with E-state index in [0.29, 0.717) is 10.2 Å². The summed E-state index contributed by atoms with van der Waals surface area (Å²) < 4.78 is 5.80. The largest absolute Gasteiger partial charge is 0.486 e. The number of nitrogens with zero attached hydrogens (tertiary/aromatic N) is 3. The first-order valence-electron chi connectivity index (χ1n) is 7.83. The van der Waals surface area contributed by atoms with E-state index in [1.165, 1.54) is 28.1 Å². The number of fused-ring (bicyclic) bond motifs is 1. The molecule has 0 fully saturated rings. The van der Waals surface area contributed by atoms with Crippen molar-refractivity contribution in [3.63, 3.8) is 0 Å². The van der Waals surface area contributed by atoms with Crippen LogP contribution in [0.2, 0.25) is 0 Å². The number of hydrogen-bond donors (Lipinski definition) is 1. The van der Waals surface area contributed by atoms with E-state index < -0.39 is 5.91 Å². The van der Waals surface area contributed by atoms with Crippen LogP contribution in [-0.2, 0) is 4.79 Å². The summed E-state index contributed by atoms with van der Waals surface area (Å²) in [6, 6.07) is 11.5. The fourth-order valence-corrected chi connectivity index (χ4v) is 3.92. The number of ether oxygens (including phenoxy) is 1. The number of benzene rings is 1. The lowest BCUT2D eigenvalue weighted by atomic mass is 10.1. The van der Waals surface area contributed by atoms with Gasteiger partial charge in [0.15, 0.2) is 5.84 Å². The Balaban J connectivity index is 1.53. The summed E-state index contributed by atoms with van der Waals surface area (Å²) in [6.07, 6.45) is 1.68. The highest BCUT2D eigenvalue weighted by Crippen LogP contribution is 2.29. The van der Waals surface area contributed by atoms with Crippen LogP contribution >= 0.6 is 23.1 Å². The Morgan fingerprint density at radius 3 is 2.88 bits per heavy atom. The van der Waals surface area contributed by atoms with Gasteiger partial charge in [0.2, 0.25) is 5.17 Å². The maximum Gasteiger partial charge on any atom is 0.283 e. The van der Waals surface area contributed by atoms with Gasteiger partial charge in [0.25, 0.3) is 5.91 Å².